The van der Waals surface area contributed by atoms with Gasteiger partial charge in [-0.25, -0.2) is 4.98 Å². The molecule has 0 fully saturated rings. The van der Waals surface area contributed by atoms with E-state index in [1.54, 1.807) is 60.1 Å². The van der Waals surface area contributed by atoms with E-state index in [2.05, 4.69) is 19.7 Å². The van der Waals surface area contributed by atoms with Crippen molar-refractivity contribution in [2.45, 2.75) is 44.3 Å². The second-order valence-corrected chi connectivity index (χ2v) is 12.5. The minimum absolute atomic E-state index is 0.0233. The highest BCUT2D eigenvalue weighted by Crippen LogP contribution is 2.35. The molecular formula is C25H30N4O6S2. The van der Waals surface area contributed by atoms with Gasteiger partial charge < -0.3 is 19.2 Å². The molecule has 1 atom stereocenters. The smallest absolute Gasteiger partial charge is 0.316 e. The molecule has 0 amide bonds. The van der Waals surface area contributed by atoms with Crippen LogP contribution in [0.5, 0.6) is 5.75 Å². The molecule has 2 N–H and O–H groups in total. The van der Waals surface area contributed by atoms with Gasteiger partial charge in [0.2, 0.25) is 0 Å². The van der Waals surface area contributed by atoms with E-state index in [4.69, 9.17) is 14.2 Å². The zero-order valence-electron chi connectivity index (χ0n) is 21.5. The molecule has 1 aromatic carbocycles. The standard InChI is InChI=1S/C25H30N4O6S2/c1-14-8-7-9-26-22(14)37(31,32)29-17-12-16(35-24(30)25(2,3)4)10-15-11-18(28-20(15)17)21-27-13-19(36-21)23(33-5)34-6/h7-12,19,23,28-29H,13H2,1-6H3. The Kier molecular flexibility index (Phi) is 7.65. The lowest BCUT2D eigenvalue weighted by Gasteiger charge is -2.18. The zero-order valence-corrected chi connectivity index (χ0v) is 23.1. The first-order valence-electron chi connectivity index (χ1n) is 11.5. The number of anilines is 1. The van der Waals surface area contributed by atoms with Crippen LogP contribution in [-0.2, 0) is 24.3 Å². The maximum absolute atomic E-state index is 13.3. The number of carbonyl (C=O) groups excluding carboxylic acids is 1. The van der Waals surface area contributed by atoms with Crippen molar-refractivity contribution < 1.29 is 27.4 Å². The molecule has 1 aliphatic heterocycles. The van der Waals surface area contributed by atoms with Crippen LogP contribution in [-0.4, -0.2) is 61.7 Å². The lowest BCUT2D eigenvalue weighted by molar-refractivity contribution is -0.142. The molecule has 0 radical (unpaired) electrons. The number of nitrogens with zero attached hydrogens (tertiary/aromatic N) is 2. The third-order valence-corrected chi connectivity index (χ3v) is 8.33. The Morgan fingerprint density at radius 2 is 1.95 bits per heavy atom. The molecule has 0 bridgehead atoms. The monoisotopic (exact) mass is 546 g/mol. The predicted octanol–water partition coefficient (Wildman–Crippen LogP) is 4.10. The molecule has 3 heterocycles. The van der Waals surface area contributed by atoms with Gasteiger partial charge in [-0.2, -0.15) is 8.42 Å². The van der Waals surface area contributed by atoms with Crippen molar-refractivity contribution in [3.05, 3.63) is 47.8 Å². The summed E-state index contributed by atoms with van der Waals surface area (Å²) in [5, 5.41) is 1.27. The highest BCUT2D eigenvalue weighted by Gasteiger charge is 2.30. The van der Waals surface area contributed by atoms with E-state index in [1.165, 1.54) is 24.0 Å². The van der Waals surface area contributed by atoms with Crippen molar-refractivity contribution in [1.82, 2.24) is 9.97 Å². The van der Waals surface area contributed by atoms with E-state index in [0.29, 0.717) is 28.7 Å². The van der Waals surface area contributed by atoms with Crippen molar-refractivity contribution in [3.8, 4) is 5.75 Å². The normalized spacial score (nSPS) is 16.3. The zero-order chi connectivity index (χ0) is 27.0. The third-order valence-electron chi connectivity index (χ3n) is 5.66. The molecule has 1 unspecified atom stereocenters. The Bertz CT molecular complexity index is 1460. The summed E-state index contributed by atoms with van der Waals surface area (Å²) in [5.41, 5.74) is 1.19. The van der Waals surface area contributed by atoms with Gasteiger partial charge in [0, 0.05) is 31.9 Å². The Balaban J connectivity index is 1.75. The average Bonchev–Trinajstić information content (AvgIpc) is 3.47. The number of hydrogen-bond acceptors (Lipinski definition) is 9. The average molecular weight is 547 g/mol. The van der Waals surface area contributed by atoms with E-state index in [0.717, 1.165) is 5.04 Å². The number of pyridine rings is 1. The Morgan fingerprint density at radius 3 is 2.59 bits per heavy atom. The van der Waals surface area contributed by atoms with E-state index in [-0.39, 0.29) is 21.7 Å². The van der Waals surface area contributed by atoms with E-state index >= 15 is 0 Å². The number of aliphatic imine (C=N–C) groups is 1. The van der Waals surface area contributed by atoms with Crippen LogP contribution in [0.15, 0.2) is 46.5 Å². The highest BCUT2D eigenvalue weighted by molar-refractivity contribution is 8.15. The molecule has 0 spiro atoms. The van der Waals surface area contributed by atoms with Gasteiger partial charge in [-0.15, -0.1) is 0 Å². The number of methoxy groups -OCH3 is 2. The highest BCUT2D eigenvalue weighted by atomic mass is 32.2. The summed E-state index contributed by atoms with van der Waals surface area (Å²) in [5.74, 6) is -0.230. The number of aromatic amines is 1. The number of H-pyrrole nitrogens is 1. The van der Waals surface area contributed by atoms with Gasteiger partial charge in [-0.1, -0.05) is 17.8 Å². The maximum atomic E-state index is 13.3. The number of ether oxygens (including phenoxy) is 3. The van der Waals surface area contributed by atoms with Crippen LogP contribution in [0, 0.1) is 12.3 Å². The molecule has 37 heavy (non-hydrogen) atoms. The molecular weight excluding hydrogens is 516 g/mol. The Hall–Kier alpha value is -2.93. The minimum atomic E-state index is -4.04. The number of carbonyl (C=O) groups is 1. The third kappa shape index (κ3) is 5.82. The van der Waals surface area contributed by atoms with Crippen LogP contribution in [0.1, 0.15) is 32.0 Å². The van der Waals surface area contributed by atoms with Gasteiger partial charge in [0.25, 0.3) is 10.0 Å². The fourth-order valence-electron chi connectivity index (χ4n) is 3.76. The summed E-state index contributed by atoms with van der Waals surface area (Å²) in [4.78, 5) is 24.5. The second-order valence-electron chi connectivity index (χ2n) is 9.63. The van der Waals surface area contributed by atoms with Crippen molar-refractivity contribution in [1.29, 1.82) is 0 Å². The van der Waals surface area contributed by atoms with Crippen molar-refractivity contribution >= 4 is 49.4 Å². The van der Waals surface area contributed by atoms with Gasteiger partial charge in [-0.3, -0.25) is 14.5 Å². The molecule has 10 nitrogen and oxygen atoms in total. The van der Waals surface area contributed by atoms with Gasteiger partial charge >= 0.3 is 5.97 Å². The fourth-order valence-corrected chi connectivity index (χ4v) is 6.15. The quantitative estimate of drug-likeness (QED) is 0.245. The summed E-state index contributed by atoms with van der Waals surface area (Å²) in [7, 11) is -0.874. The minimum Gasteiger partial charge on any atom is -0.426 e. The van der Waals surface area contributed by atoms with Crippen LogP contribution < -0.4 is 9.46 Å². The fraction of sp³-hybridized carbons (Fsp3) is 0.400. The molecule has 0 saturated carbocycles. The first-order valence-corrected chi connectivity index (χ1v) is 13.9. The summed E-state index contributed by atoms with van der Waals surface area (Å²) < 4.78 is 45.5. The lowest BCUT2D eigenvalue weighted by atomic mass is 9.97. The molecule has 12 heteroatoms. The summed E-state index contributed by atoms with van der Waals surface area (Å²) in [6.45, 7) is 7.41. The number of fused-ring (bicyclic) bond motifs is 1. The summed E-state index contributed by atoms with van der Waals surface area (Å²) in [6.07, 6.45) is 1.01. The second kappa shape index (κ2) is 10.4. The van der Waals surface area contributed by atoms with E-state index in [9.17, 15) is 13.2 Å². The number of benzene rings is 1. The van der Waals surface area contributed by atoms with Crippen molar-refractivity contribution in [2.24, 2.45) is 10.4 Å². The van der Waals surface area contributed by atoms with Gasteiger partial charge in [0.15, 0.2) is 11.3 Å². The van der Waals surface area contributed by atoms with Crippen LogP contribution >= 0.6 is 11.8 Å². The van der Waals surface area contributed by atoms with Gasteiger partial charge in [0.05, 0.1) is 34.1 Å². The molecule has 1 aliphatic rings. The molecule has 3 aromatic rings. The lowest BCUT2D eigenvalue weighted by Crippen LogP contribution is -2.28. The molecule has 0 aliphatic carbocycles. The topological polar surface area (TPSA) is 132 Å². The number of nitrogens with one attached hydrogen (secondary N) is 2. The number of sulfonamides is 1. The number of aryl methyl sites for hydroxylation is 1. The van der Waals surface area contributed by atoms with Gasteiger partial charge in [0.1, 0.15) is 10.8 Å². The number of rotatable bonds is 8. The van der Waals surface area contributed by atoms with E-state index < -0.39 is 27.7 Å². The first kappa shape index (κ1) is 27.1. The molecule has 2 aromatic heterocycles. The Labute approximate surface area is 220 Å². The Morgan fingerprint density at radius 1 is 1.22 bits per heavy atom. The summed E-state index contributed by atoms with van der Waals surface area (Å²) >= 11 is 1.51. The van der Waals surface area contributed by atoms with Crippen LogP contribution in [0.25, 0.3) is 10.9 Å². The van der Waals surface area contributed by atoms with Crippen LogP contribution in [0.2, 0.25) is 0 Å². The van der Waals surface area contributed by atoms with E-state index in [1.807, 2.05) is 6.07 Å². The van der Waals surface area contributed by atoms with Crippen LogP contribution in [0.3, 0.4) is 0 Å². The molecule has 4 rings (SSSR count). The summed E-state index contributed by atoms with van der Waals surface area (Å²) in [6, 6.07) is 8.36. The largest absolute Gasteiger partial charge is 0.426 e. The number of hydrogen-bond donors (Lipinski definition) is 2. The van der Waals surface area contributed by atoms with Crippen LogP contribution in [0.4, 0.5) is 5.69 Å². The number of thioether (sulfide) groups is 1. The molecule has 0 saturated heterocycles. The van der Waals surface area contributed by atoms with Crippen molar-refractivity contribution in [2.75, 3.05) is 25.5 Å². The van der Waals surface area contributed by atoms with Crippen molar-refractivity contribution in [3.63, 3.8) is 0 Å². The van der Waals surface area contributed by atoms with Gasteiger partial charge in [-0.05, 0) is 51.5 Å². The number of esters is 1. The molecule has 198 valence electrons. The predicted molar refractivity (Wildman–Crippen MR) is 144 cm³/mol. The first-order chi connectivity index (χ1) is 17.4. The number of aromatic nitrogens is 2. The maximum Gasteiger partial charge on any atom is 0.316 e. The SMILES string of the molecule is COC(OC)C1CN=C(c2cc3cc(OC(=O)C(C)(C)C)cc(NS(=O)(=O)c4ncccc4C)c3[nH]2)S1.